The number of rotatable bonds is 5. The maximum atomic E-state index is 12.5. The first-order valence-corrected chi connectivity index (χ1v) is 8.14. The number of benzene rings is 2. The van der Waals surface area contributed by atoms with Crippen molar-refractivity contribution in [1.29, 1.82) is 0 Å². The maximum absolute atomic E-state index is 12.5. The largest absolute Gasteiger partial charge is 0.452 e. The molecule has 0 fully saturated rings. The summed E-state index contributed by atoms with van der Waals surface area (Å²) in [4.78, 5) is 34.4. The number of carbonyl (C=O) groups excluding carboxylic acids is 2. The minimum absolute atomic E-state index is 0.0633. The van der Waals surface area contributed by atoms with Crippen LogP contribution in [0.25, 0.3) is 0 Å². The van der Waals surface area contributed by atoms with Gasteiger partial charge in [0.25, 0.3) is 11.6 Å². The van der Waals surface area contributed by atoms with Crippen LogP contribution in [-0.4, -0.2) is 34.9 Å². The number of hydrogen-bond acceptors (Lipinski definition) is 7. The SMILES string of the molecule is COC(=O)N/N=C(\C[C@@]1(O)C(=O)Nc2ccc([N+](=O)[O-])cc21)c1ccccc1. The van der Waals surface area contributed by atoms with Gasteiger partial charge in [-0.25, -0.2) is 10.2 Å². The maximum Gasteiger partial charge on any atom is 0.427 e. The fourth-order valence-corrected chi connectivity index (χ4v) is 2.86. The van der Waals surface area contributed by atoms with Crippen LogP contribution in [0, 0.1) is 10.1 Å². The molecule has 0 saturated heterocycles. The second kappa shape index (κ2) is 7.45. The van der Waals surface area contributed by atoms with Gasteiger partial charge >= 0.3 is 6.09 Å². The zero-order valence-corrected chi connectivity index (χ0v) is 14.7. The van der Waals surface area contributed by atoms with Crippen LogP contribution in [0.3, 0.4) is 0 Å². The lowest BCUT2D eigenvalue weighted by molar-refractivity contribution is -0.385. The van der Waals surface area contributed by atoms with Crippen LogP contribution < -0.4 is 10.7 Å². The summed E-state index contributed by atoms with van der Waals surface area (Å²) in [7, 11) is 1.17. The van der Waals surface area contributed by atoms with E-state index in [1.54, 1.807) is 30.3 Å². The van der Waals surface area contributed by atoms with E-state index >= 15 is 0 Å². The average molecular weight is 384 g/mol. The molecule has 0 spiro atoms. The molecule has 2 amide bonds. The van der Waals surface area contributed by atoms with E-state index < -0.39 is 22.5 Å². The number of nitrogens with one attached hydrogen (secondary N) is 2. The van der Waals surface area contributed by atoms with Crippen LogP contribution >= 0.6 is 0 Å². The molecule has 3 N–H and O–H groups in total. The highest BCUT2D eigenvalue weighted by Gasteiger charge is 2.47. The molecule has 1 aliphatic rings. The van der Waals surface area contributed by atoms with E-state index in [9.17, 15) is 24.8 Å². The Hall–Kier alpha value is -3.79. The lowest BCUT2D eigenvalue weighted by Crippen LogP contribution is -2.37. The van der Waals surface area contributed by atoms with Crippen molar-refractivity contribution < 1.29 is 24.4 Å². The molecule has 2 aromatic carbocycles. The standard InChI is InChI=1S/C18H16N4O6/c1-28-17(24)21-20-15(11-5-3-2-4-6-11)10-18(25)13-9-12(22(26)27)7-8-14(13)19-16(18)23/h2-9,25H,10H2,1H3,(H,19,23)(H,21,24)/b20-15+/t18-/m0/s1. The molecule has 0 aromatic heterocycles. The Bertz CT molecular complexity index is 975. The van der Waals surface area contributed by atoms with Gasteiger partial charge in [-0.2, -0.15) is 5.10 Å². The number of methoxy groups -OCH3 is 1. The van der Waals surface area contributed by atoms with Gasteiger partial charge in [0.1, 0.15) is 0 Å². The first-order valence-electron chi connectivity index (χ1n) is 8.14. The highest BCUT2D eigenvalue weighted by Crippen LogP contribution is 2.41. The zero-order chi connectivity index (χ0) is 20.3. The number of nitro groups is 1. The molecule has 10 heteroatoms. The van der Waals surface area contributed by atoms with Gasteiger partial charge in [-0.3, -0.25) is 14.9 Å². The molecule has 0 unspecified atom stereocenters. The Morgan fingerprint density at radius 3 is 2.68 bits per heavy atom. The summed E-state index contributed by atoms with van der Waals surface area (Å²) < 4.78 is 4.48. The summed E-state index contributed by atoms with van der Waals surface area (Å²) in [5.41, 5.74) is 0.856. The summed E-state index contributed by atoms with van der Waals surface area (Å²) in [6.07, 6.45) is -1.16. The number of carbonyl (C=O) groups is 2. The number of aliphatic hydroxyl groups is 1. The molecule has 10 nitrogen and oxygen atoms in total. The van der Waals surface area contributed by atoms with Crippen LogP contribution in [0.2, 0.25) is 0 Å². The van der Waals surface area contributed by atoms with Gasteiger partial charge in [-0.1, -0.05) is 30.3 Å². The Morgan fingerprint density at radius 1 is 1.32 bits per heavy atom. The average Bonchev–Trinajstić information content (AvgIpc) is 2.95. The molecule has 2 aromatic rings. The molecule has 28 heavy (non-hydrogen) atoms. The van der Waals surface area contributed by atoms with Crippen molar-refractivity contribution in [2.75, 3.05) is 12.4 Å². The fraction of sp³-hybridized carbons (Fsp3) is 0.167. The summed E-state index contributed by atoms with van der Waals surface area (Å²) in [5, 5.41) is 28.7. The van der Waals surface area contributed by atoms with Crippen molar-refractivity contribution in [3.05, 3.63) is 69.8 Å². The third-order valence-electron chi connectivity index (χ3n) is 4.28. The van der Waals surface area contributed by atoms with E-state index in [2.05, 4.69) is 20.6 Å². The Morgan fingerprint density at radius 2 is 2.04 bits per heavy atom. The van der Waals surface area contributed by atoms with Gasteiger partial charge < -0.3 is 15.2 Å². The molecular formula is C18H16N4O6. The molecule has 0 radical (unpaired) electrons. The van der Waals surface area contributed by atoms with E-state index in [1.807, 2.05) is 0 Å². The summed E-state index contributed by atoms with van der Waals surface area (Å²) in [5.74, 6) is -0.746. The van der Waals surface area contributed by atoms with Gasteiger partial charge in [-0.05, 0) is 11.6 Å². The van der Waals surface area contributed by atoms with E-state index in [0.29, 0.717) is 5.56 Å². The number of fused-ring (bicyclic) bond motifs is 1. The number of anilines is 1. The molecule has 1 heterocycles. The number of non-ortho nitro benzene ring substituents is 1. The predicted molar refractivity (Wildman–Crippen MR) is 98.8 cm³/mol. The van der Waals surface area contributed by atoms with Crippen molar-refractivity contribution in [3.63, 3.8) is 0 Å². The number of amides is 2. The number of hydrogen-bond donors (Lipinski definition) is 3. The summed E-state index contributed by atoms with van der Waals surface area (Å²) in [6, 6.07) is 12.3. The summed E-state index contributed by atoms with van der Waals surface area (Å²) in [6.45, 7) is 0. The van der Waals surface area contributed by atoms with E-state index in [4.69, 9.17) is 0 Å². The number of ether oxygens (including phenoxy) is 1. The van der Waals surface area contributed by atoms with Crippen molar-refractivity contribution in [2.24, 2.45) is 5.10 Å². The summed E-state index contributed by atoms with van der Waals surface area (Å²) >= 11 is 0. The topological polar surface area (TPSA) is 143 Å². The van der Waals surface area contributed by atoms with Gasteiger partial charge in [0.2, 0.25) is 0 Å². The highest BCUT2D eigenvalue weighted by molar-refractivity contribution is 6.11. The molecule has 144 valence electrons. The van der Waals surface area contributed by atoms with Crippen LogP contribution in [0.15, 0.2) is 53.6 Å². The van der Waals surface area contributed by atoms with Crippen LogP contribution in [0.4, 0.5) is 16.2 Å². The minimum Gasteiger partial charge on any atom is -0.452 e. The molecule has 0 saturated carbocycles. The third-order valence-corrected chi connectivity index (χ3v) is 4.28. The fourth-order valence-electron chi connectivity index (χ4n) is 2.86. The lowest BCUT2D eigenvalue weighted by Gasteiger charge is -2.22. The van der Waals surface area contributed by atoms with Crippen molar-refractivity contribution in [3.8, 4) is 0 Å². The van der Waals surface area contributed by atoms with Crippen LogP contribution in [0.5, 0.6) is 0 Å². The highest BCUT2D eigenvalue weighted by atomic mass is 16.6. The van der Waals surface area contributed by atoms with E-state index in [-0.39, 0.29) is 29.1 Å². The van der Waals surface area contributed by atoms with E-state index in [1.165, 1.54) is 19.2 Å². The van der Waals surface area contributed by atoms with Crippen LogP contribution in [-0.2, 0) is 15.1 Å². The number of nitro benzene ring substituents is 1. The quantitative estimate of drug-likeness (QED) is 0.408. The van der Waals surface area contributed by atoms with Gasteiger partial charge in [0, 0.05) is 29.8 Å². The van der Waals surface area contributed by atoms with Gasteiger partial charge in [-0.15, -0.1) is 0 Å². The van der Waals surface area contributed by atoms with Crippen molar-refractivity contribution in [1.82, 2.24) is 5.43 Å². The monoisotopic (exact) mass is 384 g/mol. The third kappa shape index (κ3) is 3.53. The Labute approximate surface area is 159 Å². The Kier molecular flexibility index (Phi) is 5.05. The van der Waals surface area contributed by atoms with Gasteiger partial charge in [0.05, 0.1) is 17.7 Å². The molecule has 1 atom stereocenters. The molecule has 0 bridgehead atoms. The van der Waals surface area contributed by atoms with Gasteiger partial charge in [0.15, 0.2) is 5.60 Å². The molecule has 0 aliphatic carbocycles. The van der Waals surface area contributed by atoms with Crippen molar-refractivity contribution >= 4 is 29.1 Å². The Balaban J connectivity index is 2.03. The smallest absolute Gasteiger partial charge is 0.427 e. The molecule has 1 aliphatic heterocycles. The molecule has 3 rings (SSSR count). The van der Waals surface area contributed by atoms with Crippen LogP contribution in [0.1, 0.15) is 17.5 Å². The predicted octanol–water partition coefficient (Wildman–Crippen LogP) is 1.88. The normalized spacial score (nSPS) is 18.2. The second-order valence-corrected chi connectivity index (χ2v) is 6.01. The first-order chi connectivity index (χ1) is 13.3. The second-order valence-electron chi connectivity index (χ2n) is 6.01. The minimum atomic E-state index is -2.10. The number of nitrogens with zero attached hydrogens (tertiary/aromatic N) is 2. The lowest BCUT2D eigenvalue weighted by atomic mass is 9.87. The number of hydrazone groups is 1. The molecular weight excluding hydrogens is 368 g/mol. The first kappa shape index (κ1) is 19.0. The van der Waals surface area contributed by atoms with E-state index in [0.717, 1.165) is 6.07 Å². The zero-order valence-electron chi connectivity index (χ0n) is 14.7. The van der Waals surface area contributed by atoms with Crippen molar-refractivity contribution in [2.45, 2.75) is 12.0 Å².